The second kappa shape index (κ2) is 5.21. The molecule has 0 saturated carbocycles. The number of nitrogens with one attached hydrogen (secondary N) is 1. The first-order valence-electron chi connectivity index (χ1n) is 8.53. The van der Waals surface area contributed by atoms with Gasteiger partial charge in [-0.3, -0.25) is 4.79 Å². The third kappa shape index (κ3) is 2.09. The summed E-state index contributed by atoms with van der Waals surface area (Å²) in [5.41, 5.74) is 4.30. The Bertz CT molecular complexity index is 1030. The van der Waals surface area contributed by atoms with Crippen LogP contribution in [0.25, 0.3) is 10.8 Å². The Morgan fingerprint density at radius 3 is 2.56 bits per heavy atom. The van der Waals surface area contributed by atoms with Gasteiger partial charge in [-0.1, -0.05) is 48.5 Å². The van der Waals surface area contributed by atoms with Gasteiger partial charge in [-0.2, -0.15) is 0 Å². The van der Waals surface area contributed by atoms with Crippen LogP contribution in [0.1, 0.15) is 23.5 Å². The van der Waals surface area contributed by atoms with E-state index in [2.05, 4.69) is 29.6 Å². The Hall–Kier alpha value is -3.07. The largest absolute Gasteiger partial charge is 0.508 e. The van der Waals surface area contributed by atoms with Gasteiger partial charge in [-0.15, -0.1) is 0 Å². The Balaban J connectivity index is 1.82. The SMILES string of the molecule is O=C1CC=C2Nc3ccc4ccccc4c3[C@H](c3ccc(O)cc3)[C@@H]12. The summed E-state index contributed by atoms with van der Waals surface area (Å²) in [5.74, 6) is 0.274. The quantitative estimate of drug-likeness (QED) is 0.688. The molecule has 0 amide bonds. The van der Waals surface area contributed by atoms with Gasteiger partial charge in [0.1, 0.15) is 11.5 Å². The van der Waals surface area contributed by atoms with Crippen LogP contribution in [0.5, 0.6) is 5.75 Å². The van der Waals surface area contributed by atoms with Crippen LogP contribution in [-0.2, 0) is 4.79 Å². The van der Waals surface area contributed by atoms with Crippen molar-refractivity contribution in [3.63, 3.8) is 0 Å². The zero-order valence-electron chi connectivity index (χ0n) is 13.6. The number of allylic oxidation sites excluding steroid dienone is 2. The topological polar surface area (TPSA) is 49.3 Å². The minimum Gasteiger partial charge on any atom is -0.508 e. The molecule has 3 nitrogen and oxygen atoms in total. The standard InChI is InChI=1S/C22H17NO2/c24-15-8-5-14(6-9-15)20-21-16-4-2-1-3-13(16)7-10-17(21)23-18-11-12-19(25)22(18)20/h1-11,20,22-24H,12H2/t20-,22+/m0/s1. The Kier molecular flexibility index (Phi) is 2.98. The number of anilines is 1. The van der Waals surface area contributed by atoms with Crippen molar-refractivity contribution in [1.82, 2.24) is 0 Å². The molecule has 1 heterocycles. The number of fused-ring (bicyclic) bond motifs is 4. The Morgan fingerprint density at radius 2 is 1.72 bits per heavy atom. The second-order valence-corrected chi connectivity index (χ2v) is 6.75. The second-order valence-electron chi connectivity index (χ2n) is 6.75. The van der Waals surface area contributed by atoms with Crippen molar-refractivity contribution >= 4 is 22.2 Å². The highest BCUT2D eigenvalue weighted by atomic mass is 16.3. The van der Waals surface area contributed by atoms with Gasteiger partial charge in [0.2, 0.25) is 0 Å². The summed E-state index contributed by atoms with van der Waals surface area (Å²) in [6, 6.07) is 19.8. The number of rotatable bonds is 1. The van der Waals surface area contributed by atoms with Crippen LogP contribution in [-0.4, -0.2) is 10.9 Å². The fourth-order valence-electron chi connectivity index (χ4n) is 4.23. The smallest absolute Gasteiger partial charge is 0.146 e. The zero-order valence-corrected chi connectivity index (χ0v) is 13.6. The molecule has 0 saturated heterocycles. The molecule has 2 aliphatic rings. The first kappa shape index (κ1) is 14.3. The lowest BCUT2D eigenvalue weighted by molar-refractivity contribution is -0.120. The molecule has 5 rings (SSSR count). The number of ketones is 1. The number of aromatic hydroxyl groups is 1. The van der Waals surface area contributed by atoms with Crippen molar-refractivity contribution in [2.75, 3.05) is 5.32 Å². The molecule has 0 radical (unpaired) electrons. The zero-order chi connectivity index (χ0) is 17.0. The van der Waals surface area contributed by atoms with Crippen LogP contribution < -0.4 is 5.32 Å². The maximum absolute atomic E-state index is 12.7. The van der Waals surface area contributed by atoms with Crippen LogP contribution in [0.3, 0.4) is 0 Å². The molecule has 1 aliphatic carbocycles. The molecular weight excluding hydrogens is 310 g/mol. The Labute approximate surface area is 145 Å². The normalized spacial score (nSPS) is 21.4. The lowest BCUT2D eigenvalue weighted by atomic mass is 9.74. The third-order valence-electron chi connectivity index (χ3n) is 5.35. The summed E-state index contributed by atoms with van der Waals surface area (Å²) in [6.07, 6.45) is 2.49. The Morgan fingerprint density at radius 1 is 0.920 bits per heavy atom. The van der Waals surface area contributed by atoms with E-state index in [1.807, 2.05) is 30.3 Å². The summed E-state index contributed by atoms with van der Waals surface area (Å²) in [6.45, 7) is 0. The summed E-state index contributed by atoms with van der Waals surface area (Å²) >= 11 is 0. The van der Waals surface area contributed by atoms with Gasteiger partial charge in [0, 0.05) is 23.7 Å². The number of phenols is 1. The number of Topliss-reactive ketones (excluding diaryl/α,β-unsaturated/α-hetero) is 1. The number of benzene rings is 3. The summed E-state index contributed by atoms with van der Waals surface area (Å²) in [5, 5.41) is 15.5. The van der Waals surface area contributed by atoms with Crippen LogP contribution in [0.4, 0.5) is 5.69 Å². The minimum absolute atomic E-state index is 0.0378. The van der Waals surface area contributed by atoms with Crippen molar-refractivity contribution in [2.45, 2.75) is 12.3 Å². The molecule has 0 aromatic heterocycles. The first-order valence-corrected chi connectivity index (χ1v) is 8.53. The highest BCUT2D eigenvalue weighted by molar-refractivity contribution is 5.98. The summed E-state index contributed by atoms with van der Waals surface area (Å²) in [4.78, 5) is 12.7. The number of hydrogen-bond donors (Lipinski definition) is 2. The average Bonchev–Trinajstić information content (AvgIpc) is 3.01. The van der Waals surface area contributed by atoms with E-state index in [9.17, 15) is 9.90 Å². The van der Waals surface area contributed by atoms with Gasteiger partial charge in [0.15, 0.2) is 0 Å². The molecule has 1 aliphatic heterocycles. The number of phenolic OH excluding ortho intramolecular Hbond substituents is 1. The first-order chi connectivity index (χ1) is 12.2. The fourth-order valence-corrected chi connectivity index (χ4v) is 4.23. The third-order valence-corrected chi connectivity index (χ3v) is 5.35. The van der Waals surface area contributed by atoms with Crippen molar-refractivity contribution in [2.24, 2.45) is 5.92 Å². The van der Waals surface area contributed by atoms with E-state index >= 15 is 0 Å². The molecule has 0 bridgehead atoms. The van der Waals surface area contributed by atoms with Gasteiger partial charge in [0.05, 0.1) is 5.92 Å². The molecule has 3 aromatic rings. The van der Waals surface area contributed by atoms with Crippen molar-refractivity contribution < 1.29 is 9.90 Å². The van der Waals surface area contributed by atoms with E-state index in [0.29, 0.717) is 6.42 Å². The number of hydrogen-bond acceptors (Lipinski definition) is 3. The van der Waals surface area contributed by atoms with Crippen molar-refractivity contribution in [3.05, 3.63) is 83.6 Å². The van der Waals surface area contributed by atoms with Crippen LogP contribution >= 0.6 is 0 Å². The molecular formula is C22H17NO2. The van der Waals surface area contributed by atoms with Crippen molar-refractivity contribution in [3.8, 4) is 5.75 Å². The monoisotopic (exact) mass is 327 g/mol. The number of carbonyl (C=O) groups excluding carboxylic acids is 1. The van der Waals surface area contributed by atoms with E-state index in [4.69, 9.17) is 0 Å². The molecule has 3 heteroatoms. The van der Waals surface area contributed by atoms with E-state index in [0.717, 1.165) is 16.9 Å². The molecule has 2 N–H and O–H groups in total. The van der Waals surface area contributed by atoms with Gasteiger partial charge >= 0.3 is 0 Å². The maximum Gasteiger partial charge on any atom is 0.146 e. The van der Waals surface area contributed by atoms with Crippen LogP contribution in [0.2, 0.25) is 0 Å². The maximum atomic E-state index is 12.7. The van der Waals surface area contributed by atoms with Gasteiger partial charge in [-0.25, -0.2) is 0 Å². The van der Waals surface area contributed by atoms with Crippen LogP contribution in [0, 0.1) is 5.92 Å². The molecule has 2 atom stereocenters. The fraction of sp³-hybridized carbons (Fsp3) is 0.136. The molecule has 0 unspecified atom stereocenters. The molecule has 3 aromatic carbocycles. The van der Waals surface area contributed by atoms with Gasteiger partial charge in [0.25, 0.3) is 0 Å². The summed E-state index contributed by atoms with van der Waals surface area (Å²) < 4.78 is 0. The minimum atomic E-state index is -0.178. The summed E-state index contributed by atoms with van der Waals surface area (Å²) in [7, 11) is 0. The lowest BCUT2D eigenvalue weighted by Crippen LogP contribution is -2.29. The molecule has 25 heavy (non-hydrogen) atoms. The number of carbonyl (C=O) groups is 1. The predicted molar refractivity (Wildman–Crippen MR) is 98.7 cm³/mol. The van der Waals surface area contributed by atoms with Gasteiger partial charge in [-0.05, 0) is 40.1 Å². The van der Waals surface area contributed by atoms with Gasteiger partial charge < -0.3 is 10.4 Å². The molecule has 0 fully saturated rings. The van der Waals surface area contributed by atoms with E-state index < -0.39 is 0 Å². The van der Waals surface area contributed by atoms with E-state index in [-0.39, 0.29) is 23.4 Å². The van der Waals surface area contributed by atoms with E-state index in [1.54, 1.807) is 12.1 Å². The highest BCUT2D eigenvalue weighted by Crippen LogP contribution is 2.49. The van der Waals surface area contributed by atoms with Crippen LogP contribution in [0.15, 0.2) is 72.4 Å². The predicted octanol–water partition coefficient (Wildman–Crippen LogP) is 4.58. The average molecular weight is 327 g/mol. The highest BCUT2D eigenvalue weighted by Gasteiger charge is 2.41. The lowest BCUT2D eigenvalue weighted by Gasteiger charge is -2.34. The van der Waals surface area contributed by atoms with E-state index in [1.165, 1.54) is 16.3 Å². The van der Waals surface area contributed by atoms with Crippen molar-refractivity contribution in [1.29, 1.82) is 0 Å². The molecule has 0 spiro atoms. The molecule has 122 valence electrons.